The number of hydrogen-bond acceptors (Lipinski definition) is 4. The normalized spacial score (nSPS) is 21.4. The van der Waals surface area contributed by atoms with Crippen molar-refractivity contribution < 1.29 is 14.3 Å². The molecule has 0 aromatic heterocycles. The quantitative estimate of drug-likeness (QED) is 0.583. The van der Waals surface area contributed by atoms with Crippen molar-refractivity contribution in [1.29, 1.82) is 0 Å². The molecular weight excluding hydrogens is 473 g/mol. The second kappa shape index (κ2) is 11.0. The predicted octanol–water partition coefficient (Wildman–Crippen LogP) is 4.46. The number of likely N-dealkylation sites (N-methyl/N-ethyl adjacent to an activating group) is 1. The lowest BCUT2D eigenvalue weighted by Crippen LogP contribution is -2.53. The number of piperazine rings is 1. The summed E-state index contributed by atoms with van der Waals surface area (Å²) in [5.41, 5.74) is -0.172. The lowest BCUT2D eigenvalue weighted by atomic mass is 9.77. The minimum absolute atomic E-state index is 0.120. The number of amides is 2. The maximum atomic E-state index is 13.4. The molecule has 0 aliphatic carbocycles. The fourth-order valence-electron chi connectivity index (χ4n) is 4.80. The topological polar surface area (TPSA) is 53.1 Å². The Morgan fingerprint density at radius 1 is 0.912 bits per heavy atom. The summed E-state index contributed by atoms with van der Waals surface area (Å²) in [5, 5.41) is 0.672. The zero-order valence-corrected chi connectivity index (χ0v) is 21.0. The van der Waals surface area contributed by atoms with Gasteiger partial charge in [0.2, 0.25) is 5.91 Å². The molecule has 2 aliphatic rings. The third-order valence-corrected chi connectivity index (χ3v) is 7.43. The number of para-hydroxylation sites is 1. The molecule has 34 heavy (non-hydrogen) atoms. The Bertz CT molecular complexity index is 991. The molecule has 2 heterocycles. The highest BCUT2D eigenvalue weighted by Gasteiger charge is 2.41. The summed E-state index contributed by atoms with van der Waals surface area (Å²) < 4.78 is 6.17. The van der Waals surface area contributed by atoms with Crippen LogP contribution in [0, 0.1) is 5.41 Å². The number of hydrogen-bond donors (Lipinski definition) is 0. The number of nitrogens with zero attached hydrogens (tertiary/aromatic N) is 3. The van der Waals surface area contributed by atoms with Crippen molar-refractivity contribution in [3.05, 3.63) is 64.1 Å². The van der Waals surface area contributed by atoms with Crippen molar-refractivity contribution in [2.24, 2.45) is 5.41 Å². The van der Waals surface area contributed by atoms with Crippen molar-refractivity contribution in [2.45, 2.75) is 19.3 Å². The Labute approximate surface area is 211 Å². The van der Waals surface area contributed by atoms with Gasteiger partial charge in [-0.15, -0.1) is 0 Å². The Balaban J connectivity index is 1.55. The van der Waals surface area contributed by atoms with Crippen LogP contribution in [0.1, 0.15) is 29.6 Å². The first-order chi connectivity index (χ1) is 16.4. The average Bonchev–Trinajstić information content (AvgIpc) is 2.84. The first kappa shape index (κ1) is 24.8. The molecule has 6 nitrogen and oxygen atoms in total. The molecule has 2 aromatic carbocycles. The van der Waals surface area contributed by atoms with Gasteiger partial charge in [-0.25, -0.2) is 0 Å². The van der Waals surface area contributed by atoms with E-state index in [1.807, 2.05) is 35.2 Å². The molecule has 2 aliphatic heterocycles. The van der Waals surface area contributed by atoms with Crippen molar-refractivity contribution in [1.82, 2.24) is 14.7 Å². The van der Waals surface area contributed by atoms with Crippen molar-refractivity contribution >= 4 is 35.0 Å². The molecule has 0 radical (unpaired) electrons. The summed E-state index contributed by atoms with van der Waals surface area (Å²) >= 11 is 12.7. The van der Waals surface area contributed by atoms with Crippen LogP contribution in [-0.2, 0) is 4.79 Å². The molecule has 0 spiro atoms. The molecule has 1 atom stereocenters. The molecule has 8 heteroatoms. The zero-order valence-electron chi connectivity index (χ0n) is 19.5. The van der Waals surface area contributed by atoms with Crippen LogP contribution in [0.25, 0.3) is 0 Å². The molecule has 2 saturated heterocycles. The van der Waals surface area contributed by atoms with Crippen molar-refractivity contribution in [3.63, 3.8) is 0 Å². The third-order valence-electron chi connectivity index (χ3n) is 6.80. The van der Waals surface area contributed by atoms with E-state index in [1.165, 1.54) is 0 Å². The van der Waals surface area contributed by atoms with Crippen LogP contribution in [0.15, 0.2) is 48.5 Å². The maximum Gasteiger partial charge on any atom is 0.256 e. The molecule has 182 valence electrons. The lowest BCUT2D eigenvalue weighted by Gasteiger charge is -2.43. The first-order valence-corrected chi connectivity index (χ1v) is 12.5. The van der Waals surface area contributed by atoms with Gasteiger partial charge < -0.3 is 19.4 Å². The second-order valence-electron chi connectivity index (χ2n) is 9.39. The zero-order chi connectivity index (χ0) is 24.1. The Hall–Kier alpha value is -2.28. The Morgan fingerprint density at radius 2 is 1.59 bits per heavy atom. The van der Waals surface area contributed by atoms with Gasteiger partial charge >= 0.3 is 0 Å². The lowest BCUT2D eigenvalue weighted by molar-refractivity contribution is -0.137. The second-order valence-corrected chi connectivity index (χ2v) is 10.2. The molecule has 2 amide bonds. The number of likely N-dealkylation sites (tertiary alicyclic amines) is 1. The number of piperidine rings is 1. The van der Waals surface area contributed by atoms with Gasteiger partial charge in [0.1, 0.15) is 5.75 Å². The Kier molecular flexibility index (Phi) is 8.02. The van der Waals surface area contributed by atoms with Crippen molar-refractivity contribution in [2.75, 3.05) is 52.9 Å². The number of carbonyl (C=O) groups is 2. The van der Waals surface area contributed by atoms with Crippen LogP contribution in [0.4, 0.5) is 0 Å². The summed E-state index contributed by atoms with van der Waals surface area (Å²) in [6.45, 7) is 4.56. The number of rotatable bonds is 6. The number of carbonyl (C=O) groups excluding carboxylic acids is 2. The molecule has 0 N–H and O–H groups in total. The van der Waals surface area contributed by atoms with E-state index in [1.54, 1.807) is 23.1 Å². The molecule has 0 unspecified atom stereocenters. The summed E-state index contributed by atoms with van der Waals surface area (Å²) in [5.74, 6) is 0.674. The molecule has 2 aromatic rings. The standard InChI is InChI=1S/C26H31Cl2N3O3/c1-29-13-15-30(16-14-29)23(32)17-26(19-34-20-7-3-2-4-8-20)11-6-12-31(18-26)25(33)24-21(27)9-5-10-22(24)28/h2-5,7-10H,6,11-19H2,1H3/t26-/m1/s1. The predicted molar refractivity (Wildman–Crippen MR) is 135 cm³/mol. The van der Waals surface area contributed by atoms with E-state index in [9.17, 15) is 9.59 Å². The van der Waals surface area contributed by atoms with Crippen molar-refractivity contribution in [3.8, 4) is 5.75 Å². The van der Waals surface area contributed by atoms with E-state index in [2.05, 4.69) is 11.9 Å². The third kappa shape index (κ3) is 5.85. The van der Waals surface area contributed by atoms with E-state index in [0.29, 0.717) is 41.7 Å². The summed E-state index contributed by atoms with van der Waals surface area (Å²) in [4.78, 5) is 32.7. The fourth-order valence-corrected chi connectivity index (χ4v) is 5.36. The molecule has 0 bridgehead atoms. The van der Waals surface area contributed by atoms with Gasteiger partial charge in [0.15, 0.2) is 0 Å². The first-order valence-electron chi connectivity index (χ1n) is 11.7. The van der Waals surface area contributed by atoms with Gasteiger partial charge in [0.05, 0.1) is 22.2 Å². The smallest absolute Gasteiger partial charge is 0.256 e. The average molecular weight is 504 g/mol. The van der Waals surface area contributed by atoms with Gasteiger partial charge in [0, 0.05) is 51.1 Å². The van der Waals surface area contributed by atoms with E-state index in [-0.39, 0.29) is 11.8 Å². The fraction of sp³-hybridized carbons (Fsp3) is 0.462. The highest BCUT2D eigenvalue weighted by atomic mass is 35.5. The highest BCUT2D eigenvalue weighted by molar-refractivity contribution is 6.39. The minimum Gasteiger partial charge on any atom is -0.493 e. The molecular formula is C26H31Cl2N3O3. The van der Waals surface area contributed by atoms with Crippen LogP contribution in [-0.4, -0.2) is 79.4 Å². The number of halogens is 2. The van der Waals surface area contributed by atoms with Gasteiger partial charge in [-0.1, -0.05) is 47.5 Å². The highest BCUT2D eigenvalue weighted by Crippen LogP contribution is 2.37. The van der Waals surface area contributed by atoms with Gasteiger partial charge in [-0.05, 0) is 44.2 Å². The van der Waals surface area contributed by atoms with Gasteiger partial charge in [-0.3, -0.25) is 9.59 Å². The van der Waals surface area contributed by atoms with E-state index in [0.717, 1.165) is 44.8 Å². The minimum atomic E-state index is -0.488. The number of benzene rings is 2. The SMILES string of the molecule is CN1CCN(C(=O)C[C@]2(COc3ccccc3)CCCN(C(=O)c3c(Cl)cccc3Cl)C2)CC1. The van der Waals surface area contributed by atoms with E-state index in [4.69, 9.17) is 27.9 Å². The van der Waals surface area contributed by atoms with Crippen LogP contribution in [0.3, 0.4) is 0 Å². The van der Waals surface area contributed by atoms with Crippen LogP contribution >= 0.6 is 23.2 Å². The summed E-state index contributed by atoms with van der Waals surface area (Å²) in [6.07, 6.45) is 1.92. The van der Waals surface area contributed by atoms with Gasteiger partial charge in [-0.2, -0.15) is 0 Å². The summed E-state index contributed by atoms with van der Waals surface area (Å²) in [6, 6.07) is 14.7. The molecule has 2 fully saturated rings. The largest absolute Gasteiger partial charge is 0.493 e. The molecule has 4 rings (SSSR count). The van der Waals surface area contributed by atoms with Crippen LogP contribution in [0.5, 0.6) is 5.75 Å². The van der Waals surface area contributed by atoms with E-state index < -0.39 is 5.41 Å². The van der Waals surface area contributed by atoms with Crippen LogP contribution < -0.4 is 4.74 Å². The van der Waals surface area contributed by atoms with Gasteiger partial charge in [0.25, 0.3) is 5.91 Å². The van der Waals surface area contributed by atoms with Crippen LogP contribution in [0.2, 0.25) is 10.0 Å². The molecule has 0 saturated carbocycles. The number of ether oxygens (including phenoxy) is 1. The Morgan fingerprint density at radius 3 is 2.26 bits per heavy atom. The monoisotopic (exact) mass is 503 g/mol. The maximum absolute atomic E-state index is 13.4. The summed E-state index contributed by atoms with van der Waals surface area (Å²) in [7, 11) is 2.07. The van der Waals surface area contributed by atoms with E-state index >= 15 is 0 Å².